The summed E-state index contributed by atoms with van der Waals surface area (Å²) < 4.78 is 12.7. The van der Waals surface area contributed by atoms with E-state index in [2.05, 4.69) is 10.3 Å². The van der Waals surface area contributed by atoms with Gasteiger partial charge in [-0.3, -0.25) is 19.3 Å². The Hall–Kier alpha value is -3.88. The molecule has 0 unspecified atom stereocenters. The molecule has 5 rings (SSSR count). The molecule has 0 atom stereocenters. The molecule has 0 radical (unpaired) electrons. The maximum Gasteiger partial charge on any atom is 0.272 e. The quantitative estimate of drug-likeness (QED) is 0.538. The SMILES string of the molecule is COc1ccc(C(=O)N2CCc3c(c(C(=O)NCc4ccccn4)nn3CC3CC3)C2)c(OC)c1. The molecule has 35 heavy (non-hydrogen) atoms. The van der Waals surface area contributed by atoms with E-state index in [0.29, 0.717) is 54.7 Å². The van der Waals surface area contributed by atoms with Crippen molar-refractivity contribution in [1.29, 1.82) is 0 Å². The lowest BCUT2D eigenvalue weighted by Gasteiger charge is -2.28. The second-order valence-corrected chi connectivity index (χ2v) is 8.95. The van der Waals surface area contributed by atoms with Gasteiger partial charge in [0.15, 0.2) is 5.69 Å². The number of pyridine rings is 1. The van der Waals surface area contributed by atoms with Crippen LogP contribution in [0.4, 0.5) is 0 Å². The van der Waals surface area contributed by atoms with Gasteiger partial charge in [0, 0.05) is 43.0 Å². The standard InChI is InChI=1S/C26H29N5O4/c1-34-19-8-9-20(23(13-19)35-2)26(33)30-12-10-22-21(16-30)24(29-31(22)15-17-6-7-17)25(32)28-14-18-5-3-4-11-27-18/h3-5,8-9,11,13,17H,6-7,10,12,14-16H2,1-2H3,(H,28,32). The van der Waals surface area contributed by atoms with Gasteiger partial charge in [-0.2, -0.15) is 5.10 Å². The van der Waals surface area contributed by atoms with Gasteiger partial charge in [0.1, 0.15) is 11.5 Å². The predicted molar refractivity (Wildman–Crippen MR) is 128 cm³/mol. The summed E-state index contributed by atoms with van der Waals surface area (Å²) in [5, 5.41) is 7.65. The van der Waals surface area contributed by atoms with Crippen molar-refractivity contribution in [1.82, 2.24) is 25.0 Å². The van der Waals surface area contributed by atoms with E-state index in [1.54, 1.807) is 36.4 Å². The molecule has 1 N–H and O–H groups in total. The lowest BCUT2D eigenvalue weighted by molar-refractivity contribution is 0.0726. The van der Waals surface area contributed by atoms with Crippen molar-refractivity contribution in [3.8, 4) is 11.5 Å². The van der Waals surface area contributed by atoms with E-state index in [9.17, 15) is 9.59 Å². The summed E-state index contributed by atoms with van der Waals surface area (Å²) in [5.41, 5.74) is 3.48. The Morgan fingerprint density at radius 1 is 1.14 bits per heavy atom. The van der Waals surface area contributed by atoms with Gasteiger partial charge in [-0.1, -0.05) is 6.07 Å². The summed E-state index contributed by atoms with van der Waals surface area (Å²) in [6.07, 6.45) is 4.73. The van der Waals surface area contributed by atoms with Crippen LogP contribution in [0, 0.1) is 5.92 Å². The van der Waals surface area contributed by atoms with E-state index in [1.807, 2.05) is 22.9 Å². The second-order valence-electron chi connectivity index (χ2n) is 8.95. The number of rotatable bonds is 8. The number of nitrogens with one attached hydrogen (secondary N) is 1. The molecule has 2 aromatic heterocycles. The van der Waals surface area contributed by atoms with Crippen molar-refractivity contribution in [2.45, 2.75) is 38.9 Å². The molecule has 9 heteroatoms. The Morgan fingerprint density at radius 3 is 2.71 bits per heavy atom. The number of methoxy groups -OCH3 is 2. The first-order valence-electron chi connectivity index (χ1n) is 11.8. The highest BCUT2D eigenvalue weighted by molar-refractivity contribution is 5.98. The fourth-order valence-corrected chi connectivity index (χ4v) is 4.45. The van der Waals surface area contributed by atoms with E-state index in [0.717, 1.165) is 23.5 Å². The van der Waals surface area contributed by atoms with Gasteiger partial charge >= 0.3 is 0 Å². The molecule has 1 aliphatic heterocycles. The molecule has 182 valence electrons. The molecule has 3 aromatic rings. The zero-order chi connectivity index (χ0) is 24.4. The third-order valence-corrected chi connectivity index (χ3v) is 6.56. The van der Waals surface area contributed by atoms with Gasteiger partial charge < -0.3 is 19.7 Å². The minimum atomic E-state index is -0.252. The number of benzene rings is 1. The fraction of sp³-hybridized carbons (Fsp3) is 0.385. The number of ether oxygens (including phenoxy) is 2. The Bertz CT molecular complexity index is 1240. The average molecular weight is 476 g/mol. The third-order valence-electron chi connectivity index (χ3n) is 6.56. The molecular formula is C26H29N5O4. The molecule has 0 spiro atoms. The van der Waals surface area contributed by atoms with Crippen LogP contribution in [0.15, 0.2) is 42.6 Å². The van der Waals surface area contributed by atoms with E-state index >= 15 is 0 Å². The summed E-state index contributed by atoms with van der Waals surface area (Å²) >= 11 is 0. The van der Waals surface area contributed by atoms with Crippen LogP contribution in [0.1, 0.15) is 50.6 Å². The molecule has 3 heterocycles. The van der Waals surface area contributed by atoms with Gasteiger partial charge in [0.2, 0.25) is 0 Å². The number of nitrogens with zero attached hydrogens (tertiary/aromatic N) is 4. The molecule has 1 aromatic carbocycles. The van der Waals surface area contributed by atoms with Crippen molar-refractivity contribution in [3.05, 3.63) is 70.8 Å². The Balaban J connectivity index is 1.40. The largest absolute Gasteiger partial charge is 0.497 e. The molecular weight excluding hydrogens is 446 g/mol. The monoisotopic (exact) mass is 475 g/mol. The van der Waals surface area contributed by atoms with E-state index in [-0.39, 0.29) is 11.8 Å². The Labute approximate surface area is 204 Å². The van der Waals surface area contributed by atoms with Crippen LogP contribution in [0.25, 0.3) is 0 Å². The smallest absolute Gasteiger partial charge is 0.272 e. The van der Waals surface area contributed by atoms with Gasteiger partial charge in [0.25, 0.3) is 11.8 Å². The van der Waals surface area contributed by atoms with Crippen molar-refractivity contribution in [2.75, 3.05) is 20.8 Å². The van der Waals surface area contributed by atoms with Crippen LogP contribution in [0.3, 0.4) is 0 Å². The highest BCUT2D eigenvalue weighted by atomic mass is 16.5. The molecule has 2 aliphatic rings. The van der Waals surface area contributed by atoms with Crippen LogP contribution in [-0.2, 0) is 26.1 Å². The normalized spacial score (nSPS) is 14.9. The molecule has 1 saturated carbocycles. The first kappa shape index (κ1) is 22.9. The maximum atomic E-state index is 13.4. The zero-order valence-corrected chi connectivity index (χ0v) is 20.0. The van der Waals surface area contributed by atoms with Crippen molar-refractivity contribution in [2.24, 2.45) is 5.92 Å². The van der Waals surface area contributed by atoms with Gasteiger partial charge in [0.05, 0.1) is 38.6 Å². The minimum absolute atomic E-state index is 0.148. The number of fused-ring (bicyclic) bond motifs is 1. The lowest BCUT2D eigenvalue weighted by atomic mass is 10.0. The molecule has 9 nitrogen and oxygen atoms in total. The van der Waals surface area contributed by atoms with Crippen molar-refractivity contribution in [3.63, 3.8) is 0 Å². The number of amides is 2. The van der Waals surface area contributed by atoms with Crippen molar-refractivity contribution >= 4 is 11.8 Å². The van der Waals surface area contributed by atoms with E-state index in [4.69, 9.17) is 14.6 Å². The number of carbonyl (C=O) groups excluding carboxylic acids is 2. The summed E-state index contributed by atoms with van der Waals surface area (Å²) in [5.74, 6) is 1.29. The van der Waals surface area contributed by atoms with Crippen LogP contribution in [0.5, 0.6) is 11.5 Å². The molecule has 2 amide bonds. The van der Waals surface area contributed by atoms with Gasteiger partial charge in [-0.25, -0.2) is 0 Å². The van der Waals surface area contributed by atoms with Gasteiger partial charge in [-0.05, 0) is 43.0 Å². The lowest BCUT2D eigenvalue weighted by Crippen LogP contribution is -2.37. The summed E-state index contributed by atoms with van der Waals surface area (Å²) in [6, 6.07) is 10.8. The average Bonchev–Trinajstić information content (AvgIpc) is 3.66. The molecule has 0 saturated heterocycles. The Kier molecular flexibility index (Phi) is 6.39. The number of carbonyl (C=O) groups is 2. The first-order chi connectivity index (χ1) is 17.1. The molecule has 1 fully saturated rings. The minimum Gasteiger partial charge on any atom is -0.497 e. The first-order valence-corrected chi connectivity index (χ1v) is 11.8. The predicted octanol–water partition coefficient (Wildman–Crippen LogP) is 2.83. The van der Waals surface area contributed by atoms with E-state index in [1.165, 1.54) is 20.0 Å². The second kappa shape index (κ2) is 9.77. The summed E-state index contributed by atoms with van der Waals surface area (Å²) in [4.78, 5) is 32.6. The van der Waals surface area contributed by atoms with Crippen LogP contribution in [-0.4, -0.2) is 52.2 Å². The van der Waals surface area contributed by atoms with Crippen molar-refractivity contribution < 1.29 is 19.1 Å². The number of aromatic nitrogens is 3. The fourth-order valence-electron chi connectivity index (χ4n) is 4.45. The van der Waals surface area contributed by atoms with Crippen LogP contribution >= 0.6 is 0 Å². The maximum absolute atomic E-state index is 13.4. The van der Waals surface area contributed by atoms with E-state index < -0.39 is 0 Å². The van der Waals surface area contributed by atoms with Gasteiger partial charge in [-0.15, -0.1) is 0 Å². The Morgan fingerprint density at radius 2 is 2.00 bits per heavy atom. The van der Waals surface area contributed by atoms with Crippen LogP contribution in [0.2, 0.25) is 0 Å². The molecule has 1 aliphatic carbocycles. The third kappa shape index (κ3) is 4.84. The molecule has 0 bridgehead atoms. The highest BCUT2D eigenvalue weighted by Crippen LogP contribution is 2.33. The summed E-state index contributed by atoms with van der Waals surface area (Å²) in [6.45, 7) is 2.00. The highest BCUT2D eigenvalue weighted by Gasteiger charge is 2.33. The zero-order valence-electron chi connectivity index (χ0n) is 20.0. The summed E-state index contributed by atoms with van der Waals surface area (Å²) in [7, 11) is 3.11. The number of hydrogen-bond acceptors (Lipinski definition) is 6. The number of hydrogen-bond donors (Lipinski definition) is 1. The van der Waals surface area contributed by atoms with Crippen LogP contribution < -0.4 is 14.8 Å². The topological polar surface area (TPSA) is 98.6 Å².